The minimum Gasteiger partial charge on any atom is -0.465 e. The maximum atomic E-state index is 11.8. The maximum absolute atomic E-state index is 11.8. The molecule has 0 unspecified atom stereocenters. The Morgan fingerprint density at radius 2 is 1.87 bits per heavy atom. The topological polar surface area (TPSA) is 43.6 Å². The zero-order valence-electron chi connectivity index (χ0n) is 16.2. The molecule has 0 aliphatic heterocycles. The van der Waals surface area contributed by atoms with E-state index in [0.29, 0.717) is 27.8 Å². The van der Waals surface area contributed by atoms with Crippen molar-refractivity contribution in [2.24, 2.45) is 4.99 Å². The largest absolute Gasteiger partial charge is 0.465 e. The Kier molecular flexibility index (Phi) is 5.88. The van der Waals surface area contributed by atoms with Crippen LogP contribution < -0.4 is 0 Å². The molecule has 0 atom stereocenters. The second kappa shape index (κ2) is 8.74. The lowest BCUT2D eigenvalue weighted by molar-refractivity contribution is 0.0600. The molecule has 1 heterocycles. The standard InChI is InChI=1S/C24H18Cl2N2O2/c1-30-24(29)17-7-4-6-16(12-17)14-28-15-18(19-8-2-3-11-22(19)28)13-27-21-10-5-9-20(25)23(21)26/h2-13,15H,14H2,1H3. The molecule has 0 saturated carbocycles. The number of halogens is 2. The van der Waals surface area contributed by atoms with Crippen molar-refractivity contribution in [1.82, 2.24) is 4.57 Å². The molecule has 1 aromatic heterocycles. The van der Waals surface area contributed by atoms with Gasteiger partial charge in [0, 0.05) is 35.4 Å². The Balaban J connectivity index is 1.70. The van der Waals surface area contributed by atoms with E-state index in [1.54, 1.807) is 18.3 Å². The summed E-state index contributed by atoms with van der Waals surface area (Å²) in [4.78, 5) is 16.4. The second-order valence-electron chi connectivity index (χ2n) is 6.75. The quantitative estimate of drug-likeness (QED) is 0.263. The van der Waals surface area contributed by atoms with E-state index < -0.39 is 0 Å². The number of esters is 1. The van der Waals surface area contributed by atoms with Gasteiger partial charge in [-0.1, -0.05) is 59.6 Å². The fraction of sp³-hybridized carbons (Fsp3) is 0.0833. The van der Waals surface area contributed by atoms with E-state index >= 15 is 0 Å². The Morgan fingerprint density at radius 1 is 1.07 bits per heavy atom. The molecule has 4 aromatic rings. The highest BCUT2D eigenvalue weighted by Gasteiger charge is 2.10. The normalized spacial score (nSPS) is 11.3. The highest BCUT2D eigenvalue weighted by molar-refractivity contribution is 6.43. The van der Waals surface area contributed by atoms with E-state index in [-0.39, 0.29) is 5.97 Å². The number of methoxy groups -OCH3 is 1. The van der Waals surface area contributed by atoms with Crippen LogP contribution in [0.3, 0.4) is 0 Å². The van der Waals surface area contributed by atoms with Crippen molar-refractivity contribution in [3.63, 3.8) is 0 Å². The number of hydrogen-bond acceptors (Lipinski definition) is 3. The van der Waals surface area contributed by atoms with Gasteiger partial charge in [0.1, 0.15) is 0 Å². The molecule has 0 N–H and O–H groups in total. The van der Waals surface area contributed by atoms with Crippen LogP contribution in [0.4, 0.5) is 5.69 Å². The smallest absolute Gasteiger partial charge is 0.337 e. The monoisotopic (exact) mass is 436 g/mol. The van der Waals surface area contributed by atoms with Gasteiger partial charge >= 0.3 is 5.97 Å². The van der Waals surface area contributed by atoms with Crippen LogP contribution in [0.15, 0.2) is 77.9 Å². The van der Waals surface area contributed by atoms with Gasteiger partial charge in [-0.25, -0.2) is 4.79 Å². The first kappa shape index (κ1) is 20.2. The number of carbonyl (C=O) groups excluding carboxylic acids is 1. The number of benzene rings is 3. The Morgan fingerprint density at radius 3 is 2.70 bits per heavy atom. The van der Waals surface area contributed by atoms with Gasteiger partial charge in [0.25, 0.3) is 0 Å². The zero-order chi connectivity index (χ0) is 21.1. The average molecular weight is 437 g/mol. The van der Waals surface area contributed by atoms with Crippen LogP contribution in [0.25, 0.3) is 10.9 Å². The summed E-state index contributed by atoms with van der Waals surface area (Å²) in [5.41, 5.74) is 4.18. The maximum Gasteiger partial charge on any atom is 0.337 e. The van der Waals surface area contributed by atoms with E-state index in [2.05, 4.69) is 21.7 Å². The van der Waals surface area contributed by atoms with Crippen molar-refractivity contribution in [1.29, 1.82) is 0 Å². The van der Waals surface area contributed by atoms with E-state index in [9.17, 15) is 4.79 Å². The van der Waals surface area contributed by atoms with Crippen LogP contribution in [0.1, 0.15) is 21.5 Å². The SMILES string of the molecule is COC(=O)c1cccc(Cn2cc(C=Nc3cccc(Cl)c3Cl)c3ccccc32)c1. The first-order valence-electron chi connectivity index (χ1n) is 9.30. The first-order chi connectivity index (χ1) is 14.6. The van der Waals surface area contributed by atoms with Crippen molar-refractivity contribution in [2.75, 3.05) is 7.11 Å². The molecule has 0 spiro atoms. The lowest BCUT2D eigenvalue weighted by Crippen LogP contribution is -2.03. The molecule has 0 saturated heterocycles. The Labute approximate surface area is 184 Å². The molecule has 0 bridgehead atoms. The molecule has 0 amide bonds. The van der Waals surface area contributed by atoms with Gasteiger partial charge in [-0.15, -0.1) is 0 Å². The fourth-order valence-corrected chi connectivity index (χ4v) is 3.70. The van der Waals surface area contributed by atoms with Gasteiger partial charge in [0.2, 0.25) is 0 Å². The number of carbonyl (C=O) groups is 1. The minimum atomic E-state index is -0.347. The van der Waals surface area contributed by atoms with Gasteiger partial charge in [-0.3, -0.25) is 4.99 Å². The molecule has 4 nitrogen and oxygen atoms in total. The number of para-hydroxylation sites is 1. The number of nitrogens with zero attached hydrogens (tertiary/aromatic N) is 2. The van der Waals surface area contributed by atoms with Crippen molar-refractivity contribution >= 4 is 52.0 Å². The van der Waals surface area contributed by atoms with Crippen molar-refractivity contribution < 1.29 is 9.53 Å². The van der Waals surface area contributed by atoms with E-state index in [1.165, 1.54) is 7.11 Å². The van der Waals surface area contributed by atoms with Gasteiger partial charge in [0.05, 0.1) is 28.4 Å². The van der Waals surface area contributed by atoms with Crippen LogP contribution in [0.5, 0.6) is 0 Å². The van der Waals surface area contributed by atoms with Crippen LogP contribution in [-0.2, 0) is 11.3 Å². The van der Waals surface area contributed by atoms with E-state index in [4.69, 9.17) is 27.9 Å². The minimum absolute atomic E-state index is 0.347. The molecule has 0 radical (unpaired) electrons. The summed E-state index contributed by atoms with van der Waals surface area (Å²) in [5, 5.41) is 1.97. The molecule has 6 heteroatoms. The van der Waals surface area contributed by atoms with Gasteiger partial charge < -0.3 is 9.30 Å². The van der Waals surface area contributed by atoms with Crippen molar-refractivity contribution in [2.45, 2.75) is 6.54 Å². The van der Waals surface area contributed by atoms with Gasteiger partial charge in [-0.2, -0.15) is 0 Å². The fourth-order valence-electron chi connectivity index (χ4n) is 3.35. The van der Waals surface area contributed by atoms with Gasteiger partial charge in [-0.05, 0) is 35.9 Å². The highest BCUT2D eigenvalue weighted by atomic mass is 35.5. The molecule has 150 valence electrons. The summed E-state index contributed by atoms with van der Waals surface area (Å²) in [6, 6.07) is 20.9. The molecule has 3 aromatic carbocycles. The van der Waals surface area contributed by atoms with Crippen LogP contribution in [0, 0.1) is 0 Å². The van der Waals surface area contributed by atoms with Gasteiger partial charge in [0.15, 0.2) is 0 Å². The van der Waals surface area contributed by atoms with Crippen molar-refractivity contribution in [3.05, 3.63) is 99.7 Å². The predicted octanol–water partition coefficient (Wildman–Crippen LogP) is 6.53. The van der Waals surface area contributed by atoms with Crippen LogP contribution in [-0.4, -0.2) is 23.9 Å². The van der Waals surface area contributed by atoms with Crippen LogP contribution in [0.2, 0.25) is 10.0 Å². The number of hydrogen-bond donors (Lipinski definition) is 0. The summed E-state index contributed by atoms with van der Waals surface area (Å²) < 4.78 is 6.96. The number of aromatic nitrogens is 1. The average Bonchev–Trinajstić information content (AvgIpc) is 3.12. The molecule has 30 heavy (non-hydrogen) atoms. The molecular weight excluding hydrogens is 419 g/mol. The summed E-state index contributed by atoms with van der Waals surface area (Å²) in [6.07, 6.45) is 3.83. The number of rotatable bonds is 5. The third-order valence-corrected chi connectivity index (χ3v) is 5.60. The number of aliphatic imine (C=N–C) groups is 1. The highest BCUT2D eigenvalue weighted by Crippen LogP contribution is 2.32. The second-order valence-corrected chi connectivity index (χ2v) is 7.54. The summed E-state index contributed by atoms with van der Waals surface area (Å²) in [7, 11) is 1.38. The summed E-state index contributed by atoms with van der Waals surface area (Å²) >= 11 is 12.3. The predicted molar refractivity (Wildman–Crippen MR) is 123 cm³/mol. The molecular formula is C24H18Cl2N2O2. The van der Waals surface area contributed by atoms with Crippen molar-refractivity contribution in [3.8, 4) is 0 Å². The Bertz CT molecular complexity index is 1260. The molecule has 0 aliphatic carbocycles. The third kappa shape index (κ3) is 4.11. The Hall–Kier alpha value is -3.08. The molecule has 0 fully saturated rings. The lowest BCUT2D eigenvalue weighted by atomic mass is 10.1. The summed E-state index contributed by atoms with van der Waals surface area (Å²) in [5.74, 6) is -0.347. The summed E-state index contributed by atoms with van der Waals surface area (Å²) in [6.45, 7) is 0.608. The first-order valence-corrected chi connectivity index (χ1v) is 10.1. The molecule has 4 rings (SSSR count). The van der Waals surface area contributed by atoms with Crippen LogP contribution >= 0.6 is 23.2 Å². The molecule has 0 aliphatic rings. The number of fused-ring (bicyclic) bond motifs is 1. The third-order valence-electron chi connectivity index (χ3n) is 4.79. The van der Waals surface area contributed by atoms with E-state index in [1.807, 2.05) is 48.7 Å². The van der Waals surface area contributed by atoms with E-state index in [0.717, 1.165) is 22.0 Å². The number of ether oxygens (including phenoxy) is 1. The zero-order valence-corrected chi connectivity index (χ0v) is 17.7. The lowest BCUT2D eigenvalue weighted by Gasteiger charge is -2.07.